The molecule has 3 nitrogen and oxygen atoms in total. The molecule has 0 saturated carbocycles. The van der Waals surface area contributed by atoms with E-state index in [9.17, 15) is 4.39 Å². The van der Waals surface area contributed by atoms with Crippen LogP contribution in [0.5, 0.6) is 0 Å². The molecule has 0 fully saturated rings. The largest absolute Gasteiger partial charge is 0.282 e. The zero-order valence-electron chi connectivity index (χ0n) is 11.3. The van der Waals surface area contributed by atoms with E-state index in [-0.39, 0.29) is 0 Å². The summed E-state index contributed by atoms with van der Waals surface area (Å²) >= 11 is 0. The van der Waals surface area contributed by atoms with Gasteiger partial charge in [0.2, 0.25) is 5.95 Å². The van der Waals surface area contributed by atoms with Crippen LogP contribution in [0.2, 0.25) is 0 Å². The minimum absolute atomic E-state index is 0.451. The van der Waals surface area contributed by atoms with Crippen LogP contribution in [0, 0.1) is 17.8 Å². The molecular formula is C15H18FN3. The highest BCUT2D eigenvalue weighted by Crippen LogP contribution is 2.34. The van der Waals surface area contributed by atoms with E-state index in [0.717, 1.165) is 24.1 Å². The minimum atomic E-state index is -0.451. The lowest BCUT2D eigenvalue weighted by atomic mass is 9.79. The summed E-state index contributed by atoms with van der Waals surface area (Å²) in [5, 5.41) is 7.53. The lowest BCUT2D eigenvalue weighted by Gasteiger charge is -2.25. The van der Waals surface area contributed by atoms with Crippen molar-refractivity contribution in [3.8, 4) is 11.3 Å². The lowest BCUT2D eigenvalue weighted by molar-refractivity contribution is 0.342. The Labute approximate surface area is 112 Å². The van der Waals surface area contributed by atoms with Crippen LogP contribution in [0.3, 0.4) is 0 Å². The average Bonchev–Trinajstić information content (AvgIpc) is 2.82. The molecule has 1 N–H and O–H groups in total. The molecule has 0 amide bonds. The molecule has 2 aromatic rings. The van der Waals surface area contributed by atoms with E-state index in [1.165, 1.54) is 23.7 Å². The highest BCUT2D eigenvalue weighted by Gasteiger charge is 2.26. The van der Waals surface area contributed by atoms with Gasteiger partial charge in [-0.3, -0.25) is 5.10 Å². The first kappa shape index (κ1) is 12.3. The van der Waals surface area contributed by atoms with Crippen molar-refractivity contribution in [2.24, 2.45) is 11.8 Å². The van der Waals surface area contributed by atoms with Crippen molar-refractivity contribution < 1.29 is 4.39 Å². The van der Waals surface area contributed by atoms with Gasteiger partial charge in [0.1, 0.15) is 0 Å². The van der Waals surface area contributed by atoms with Crippen molar-refractivity contribution in [2.45, 2.75) is 33.1 Å². The Morgan fingerprint density at radius 2 is 2.21 bits per heavy atom. The molecule has 0 aromatic carbocycles. The molecule has 2 heterocycles. The maximum Gasteiger partial charge on any atom is 0.212 e. The van der Waals surface area contributed by atoms with Crippen LogP contribution in [0.15, 0.2) is 18.3 Å². The van der Waals surface area contributed by atoms with E-state index in [2.05, 4.69) is 29.0 Å². The average molecular weight is 259 g/mol. The van der Waals surface area contributed by atoms with Crippen LogP contribution in [-0.4, -0.2) is 15.2 Å². The summed E-state index contributed by atoms with van der Waals surface area (Å²) in [6.45, 7) is 4.55. The van der Waals surface area contributed by atoms with Gasteiger partial charge >= 0.3 is 0 Å². The number of fused-ring (bicyclic) bond motifs is 1. The first-order chi connectivity index (χ1) is 9.15. The van der Waals surface area contributed by atoms with Crippen molar-refractivity contribution in [3.05, 3.63) is 35.5 Å². The van der Waals surface area contributed by atoms with Gasteiger partial charge < -0.3 is 0 Å². The molecule has 2 aromatic heterocycles. The van der Waals surface area contributed by atoms with Crippen LogP contribution in [0.1, 0.15) is 31.5 Å². The van der Waals surface area contributed by atoms with E-state index >= 15 is 0 Å². The van der Waals surface area contributed by atoms with Gasteiger partial charge in [-0.2, -0.15) is 9.49 Å². The van der Waals surface area contributed by atoms with Crippen LogP contribution in [0.4, 0.5) is 4.39 Å². The number of halogens is 1. The maximum absolute atomic E-state index is 12.9. The summed E-state index contributed by atoms with van der Waals surface area (Å²) in [7, 11) is 0. The monoisotopic (exact) mass is 259 g/mol. The topological polar surface area (TPSA) is 41.6 Å². The summed E-state index contributed by atoms with van der Waals surface area (Å²) in [6.07, 6.45) is 4.88. The standard InChI is InChI=1S/C15H18FN3/c1-9(2)10-3-5-13-12(7-10)15(19-18-13)11-4-6-14(16)17-8-11/h4,6,8-10H,3,5,7H2,1-2H3,(H,18,19). The van der Waals surface area contributed by atoms with E-state index in [4.69, 9.17) is 0 Å². The summed E-state index contributed by atoms with van der Waals surface area (Å²) < 4.78 is 12.9. The second-order valence-corrected chi connectivity index (χ2v) is 5.65. The fourth-order valence-corrected chi connectivity index (χ4v) is 2.85. The number of hydrogen-bond acceptors (Lipinski definition) is 2. The SMILES string of the molecule is CC(C)C1CCc2[nH]nc(-c3ccc(F)nc3)c2C1. The van der Waals surface area contributed by atoms with Crippen LogP contribution < -0.4 is 0 Å². The maximum atomic E-state index is 12.9. The number of aryl methyl sites for hydroxylation is 1. The molecule has 19 heavy (non-hydrogen) atoms. The molecule has 0 spiro atoms. The number of aromatic nitrogens is 3. The molecule has 1 unspecified atom stereocenters. The fourth-order valence-electron chi connectivity index (χ4n) is 2.85. The Morgan fingerprint density at radius 3 is 2.89 bits per heavy atom. The molecule has 0 bridgehead atoms. The number of H-pyrrole nitrogens is 1. The lowest BCUT2D eigenvalue weighted by Crippen LogP contribution is -2.18. The van der Waals surface area contributed by atoms with Crippen LogP contribution in [-0.2, 0) is 12.8 Å². The quantitative estimate of drug-likeness (QED) is 0.840. The van der Waals surface area contributed by atoms with Crippen molar-refractivity contribution >= 4 is 0 Å². The van der Waals surface area contributed by atoms with Gasteiger partial charge in [0, 0.05) is 23.0 Å². The smallest absolute Gasteiger partial charge is 0.212 e. The van der Waals surface area contributed by atoms with Gasteiger partial charge in [-0.15, -0.1) is 0 Å². The highest BCUT2D eigenvalue weighted by atomic mass is 19.1. The molecule has 1 aliphatic carbocycles. The number of aromatic amines is 1. The number of pyridine rings is 1. The van der Waals surface area contributed by atoms with E-state index in [1.807, 2.05) is 0 Å². The molecule has 0 radical (unpaired) electrons. The van der Waals surface area contributed by atoms with Crippen molar-refractivity contribution in [1.82, 2.24) is 15.2 Å². The molecule has 0 aliphatic heterocycles. The summed E-state index contributed by atoms with van der Waals surface area (Å²) in [5.41, 5.74) is 4.35. The molecule has 1 atom stereocenters. The van der Waals surface area contributed by atoms with E-state index < -0.39 is 5.95 Å². The number of rotatable bonds is 2. The van der Waals surface area contributed by atoms with Crippen molar-refractivity contribution in [2.75, 3.05) is 0 Å². The van der Waals surface area contributed by atoms with Gasteiger partial charge in [-0.05, 0) is 43.2 Å². The number of nitrogens with zero attached hydrogens (tertiary/aromatic N) is 2. The van der Waals surface area contributed by atoms with Crippen molar-refractivity contribution in [3.63, 3.8) is 0 Å². The molecule has 1 aliphatic rings. The van der Waals surface area contributed by atoms with Gasteiger partial charge in [0.05, 0.1) is 5.69 Å². The Hall–Kier alpha value is -1.71. The fraction of sp³-hybridized carbons (Fsp3) is 0.467. The number of hydrogen-bond donors (Lipinski definition) is 1. The third-order valence-corrected chi connectivity index (χ3v) is 4.13. The van der Waals surface area contributed by atoms with Gasteiger partial charge in [-0.1, -0.05) is 13.8 Å². The number of nitrogens with one attached hydrogen (secondary N) is 1. The molecular weight excluding hydrogens is 241 g/mol. The van der Waals surface area contributed by atoms with Crippen LogP contribution in [0.25, 0.3) is 11.3 Å². The van der Waals surface area contributed by atoms with Gasteiger partial charge in [0.15, 0.2) is 0 Å². The Kier molecular flexibility index (Phi) is 3.09. The zero-order valence-corrected chi connectivity index (χ0v) is 11.3. The Bertz CT molecular complexity index is 572. The summed E-state index contributed by atoms with van der Waals surface area (Å²) in [5.74, 6) is 0.938. The summed E-state index contributed by atoms with van der Waals surface area (Å²) in [4.78, 5) is 3.72. The molecule has 3 rings (SSSR count). The zero-order chi connectivity index (χ0) is 13.4. The van der Waals surface area contributed by atoms with Gasteiger partial charge in [0.25, 0.3) is 0 Å². The third kappa shape index (κ3) is 2.27. The van der Waals surface area contributed by atoms with E-state index in [1.54, 1.807) is 12.3 Å². The second-order valence-electron chi connectivity index (χ2n) is 5.65. The second kappa shape index (κ2) is 4.76. The predicted molar refractivity (Wildman–Crippen MR) is 72.1 cm³/mol. The first-order valence-corrected chi connectivity index (χ1v) is 6.83. The molecule has 100 valence electrons. The third-order valence-electron chi connectivity index (χ3n) is 4.13. The first-order valence-electron chi connectivity index (χ1n) is 6.83. The molecule has 0 saturated heterocycles. The van der Waals surface area contributed by atoms with Crippen molar-refractivity contribution in [1.29, 1.82) is 0 Å². The predicted octanol–water partition coefficient (Wildman–Crippen LogP) is 3.37. The van der Waals surface area contributed by atoms with Gasteiger partial charge in [-0.25, -0.2) is 4.98 Å². The Balaban J connectivity index is 1.97. The summed E-state index contributed by atoms with van der Waals surface area (Å²) in [6, 6.07) is 3.14. The van der Waals surface area contributed by atoms with E-state index in [0.29, 0.717) is 11.8 Å². The normalized spacial score (nSPS) is 18.6. The minimum Gasteiger partial charge on any atom is -0.282 e. The highest BCUT2D eigenvalue weighted by molar-refractivity contribution is 5.63. The molecule has 4 heteroatoms. The Morgan fingerprint density at radius 1 is 1.37 bits per heavy atom. The van der Waals surface area contributed by atoms with Crippen LogP contribution >= 0.6 is 0 Å².